The topological polar surface area (TPSA) is 52.7 Å². The van der Waals surface area contributed by atoms with Crippen LogP contribution in [-0.4, -0.2) is 41.9 Å². The van der Waals surface area contributed by atoms with Gasteiger partial charge in [0, 0.05) is 6.04 Å². The van der Waals surface area contributed by atoms with E-state index in [2.05, 4.69) is 10.2 Å². The minimum absolute atomic E-state index is 0.0182. The van der Waals surface area contributed by atoms with Crippen LogP contribution in [0.1, 0.15) is 46.0 Å². The maximum Gasteiger partial charge on any atom is 0.250 e. The number of fused-ring (bicyclic) bond motifs is 1. The Morgan fingerprint density at radius 2 is 1.92 bits per heavy atom. The standard InChI is InChI=1S/C19H27N3O2/c1-19(2)18(24)20-15-11-7-8-12-16(15)22(19)17(23)13-21(3)14-9-5-4-6-10-14/h7-8,11-12,14H,4-6,9-10,13H2,1-3H3,(H,20,24). The van der Waals surface area contributed by atoms with Crippen LogP contribution in [0, 0.1) is 0 Å². The molecule has 1 saturated carbocycles. The molecule has 24 heavy (non-hydrogen) atoms. The van der Waals surface area contributed by atoms with E-state index >= 15 is 0 Å². The Labute approximate surface area is 144 Å². The van der Waals surface area contributed by atoms with Crippen LogP contribution >= 0.6 is 0 Å². The Balaban J connectivity index is 1.83. The van der Waals surface area contributed by atoms with Crippen molar-refractivity contribution in [3.8, 4) is 0 Å². The first-order chi connectivity index (χ1) is 11.4. The van der Waals surface area contributed by atoms with Crippen LogP contribution in [0.4, 0.5) is 11.4 Å². The lowest BCUT2D eigenvalue weighted by Gasteiger charge is -2.43. The molecule has 3 rings (SSSR count). The van der Waals surface area contributed by atoms with Gasteiger partial charge in [-0.05, 0) is 45.9 Å². The van der Waals surface area contributed by atoms with Crippen LogP contribution in [0.15, 0.2) is 24.3 Å². The van der Waals surface area contributed by atoms with Crippen LogP contribution in [0.3, 0.4) is 0 Å². The number of rotatable bonds is 3. The van der Waals surface area contributed by atoms with Crippen molar-refractivity contribution >= 4 is 23.2 Å². The first-order valence-corrected chi connectivity index (χ1v) is 8.85. The van der Waals surface area contributed by atoms with Gasteiger partial charge in [0.25, 0.3) is 0 Å². The van der Waals surface area contributed by atoms with Crippen molar-refractivity contribution in [1.82, 2.24) is 4.90 Å². The first kappa shape index (κ1) is 17.0. The summed E-state index contributed by atoms with van der Waals surface area (Å²) in [5.74, 6) is -0.162. The van der Waals surface area contributed by atoms with E-state index in [0.29, 0.717) is 18.3 Å². The molecule has 1 aromatic carbocycles. The molecule has 1 heterocycles. The Hall–Kier alpha value is -1.88. The number of benzene rings is 1. The van der Waals surface area contributed by atoms with E-state index in [1.165, 1.54) is 19.3 Å². The number of nitrogens with one attached hydrogen (secondary N) is 1. The lowest BCUT2D eigenvalue weighted by molar-refractivity contribution is -0.127. The third-order valence-electron chi connectivity index (χ3n) is 5.34. The molecule has 1 aromatic rings. The normalized spacial score (nSPS) is 20.7. The largest absolute Gasteiger partial charge is 0.322 e. The highest BCUT2D eigenvalue weighted by Crippen LogP contribution is 2.36. The molecule has 0 atom stereocenters. The Morgan fingerprint density at radius 3 is 2.62 bits per heavy atom. The molecule has 1 aliphatic heterocycles. The van der Waals surface area contributed by atoms with Crippen molar-refractivity contribution in [2.45, 2.75) is 57.5 Å². The van der Waals surface area contributed by atoms with E-state index in [0.717, 1.165) is 18.5 Å². The van der Waals surface area contributed by atoms with Gasteiger partial charge in [0.2, 0.25) is 11.8 Å². The Bertz CT molecular complexity index is 635. The van der Waals surface area contributed by atoms with Crippen molar-refractivity contribution in [2.75, 3.05) is 23.8 Å². The van der Waals surface area contributed by atoms with Gasteiger partial charge in [0.15, 0.2) is 0 Å². The highest BCUT2D eigenvalue weighted by Gasteiger charge is 2.43. The van der Waals surface area contributed by atoms with E-state index in [1.54, 1.807) is 18.7 Å². The molecule has 0 unspecified atom stereocenters. The van der Waals surface area contributed by atoms with E-state index in [-0.39, 0.29) is 11.8 Å². The Morgan fingerprint density at radius 1 is 1.25 bits per heavy atom. The summed E-state index contributed by atoms with van der Waals surface area (Å²) in [7, 11) is 2.02. The summed E-state index contributed by atoms with van der Waals surface area (Å²) < 4.78 is 0. The molecule has 2 aliphatic rings. The fourth-order valence-electron chi connectivity index (χ4n) is 3.83. The maximum atomic E-state index is 13.1. The monoisotopic (exact) mass is 329 g/mol. The van der Waals surface area contributed by atoms with E-state index in [1.807, 2.05) is 31.3 Å². The molecule has 1 aliphatic carbocycles. The van der Waals surface area contributed by atoms with E-state index < -0.39 is 5.54 Å². The summed E-state index contributed by atoms with van der Waals surface area (Å²) in [6.07, 6.45) is 6.09. The van der Waals surface area contributed by atoms with Gasteiger partial charge in [0.05, 0.1) is 17.9 Å². The molecule has 1 N–H and O–H groups in total. The molecule has 0 aromatic heterocycles. The van der Waals surface area contributed by atoms with Gasteiger partial charge in [0.1, 0.15) is 5.54 Å². The zero-order valence-electron chi connectivity index (χ0n) is 14.8. The van der Waals surface area contributed by atoms with Crippen molar-refractivity contribution in [3.05, 3.63) is 24.3 Å². The van der Waals surface area contributed by atoms with Crippen LogP contribution in [-0.2, 0) is 9.59 Å². The molecule has 0 radical (unpaired) electrons. The van der Waals surface area contributed by atoms with Crippen LogP contribution in [0.5, 0.6) is 0 Å². The SMILES string of the molecule is CN(CC(=O)N1c2ccccc2NC(=O)C1(C)C)C1CCCCC1. The Kier molecular flexibility index (Phi) is 4.63. The highest BCUT2D eigenvalue weighted by atomic mass is 16.2. The molecule has 5 heteroatoms. The lowest BCUT2D eigenvalue weighted by atomic mass is 9.94. The minimum atomic E-state index is -0.890. The maximum absolute atomic E-state index is 13.1. The summed E-state index contributed by atoms with van der Waals surface area (Å²) in [6.45, 7) is 3.95. The molecule has 0 saturated heterocycles. The molecular formula is C19H27N3O2. The van der Waals surface area contributed by atoms with E-state index in [4.69, 9.17) is 0 Å². The second kappa shape index (κ2) is 6.55. The van der Waals surface area contributed by atoms with Crippen LogP contribution in [0.2, 0.25) is 0 Å². The second-order valence-electron chi connectivity index (χ2n) is 7.47. The van der Waals surface area contributed by atoms with Crippen molar-refractivity contribution in [1.29, 1.82) is 0 Å². The molecule has 2 amide bonds. The summed E-state index contributed by atoms with van der Waals surface area (Å²) in [6, 6.07) is 7.98. The molecule has 5 nitrogen and oxygen atoms in total. The van der Waals surface area contributed by atoms with Crippen molar-refractivity contribution in [3.63, 3.8) is 0 Å². The lowest BCUT2D eigenvalue weighted by Crippen LogP contribution is -2.60. The van der Waals surface area contributed by atoms with E-state index in [9.17, 15) is 9.59 Å². The summed E-state index contributed by atoms with van der Waals surface area (Å²) in [5, 5.41) is 2.91. The second-order valence-corrected chi connectivity index (χ2v) is 7.47. The van der Waals surface area contributed by atoms with Gasteiger partial charge in [-0.25, -0.2) is 0 Å². The summed E-state index contributed by atoms with van der Waals surface area (Å²) in [5.41, 5.74) is 0.596. The molecule has 130 valence electrons. The number of hydrogen-bond acceptors (Lipinski definition) is 3. The van der Waals surface area contributed by atoms with Gasteiger partial charge in [-0.15, -0.1) is 0 Å². The number of hydrogen-bond donors (Lipinski definition) is 1. The smallest absolute Gasteiger partial charge is 0.250 e. The predicted octanol–water partition coefficient (Wildman–Crippen LogP) is 3.01. The third-order valence-corrected chi connectivity index (χ3v) is 5.34. The van der Waals surface area contributed by atoms with Gasteiger partial charge in [-0.2, -0.15) is 0 Å². The first-order valence-electron chi connectivity index (χ1n) is 8.85. The average Bonchev–Trinajstić information content (AvgIpc) is 2.56. The zero-order valence-corrected chi connectivity index (χ0v) is 14.8. The quantitative estimate of drug-likeness (QED) is 0.927. The van der Waals surface area contributed by atoms with Gasteiger partial charge < -0.3 is 5.32 Å². The predicted molar refractivity (Wildman–Crippen MR) is 96.1 cm³/mol. The van der Waals surface area contributed by atoms with Crippen LogP contribution < -0.4 is 10.2 Å². The average molecular weight is 329 g/mol. The fourth-order valence-corrected chi connectivity index (χ4v) is 3.83. The molecular weight excluding hydrogens is 302 g/mol. The molecule has 1 fully saturated rings. The van der Waals surface area contributed by atoms with Gasteiger partial charge in [-0.1, -0.05) is 31.4 Å². The van der Waals surface area contributed by atoms with Crippen molar-refractivity contribution < 1.29 is 9.59 Å². The number of amides is 2. The molecule has 0 bridgehead atoms. The zero-order chi connectivity index (χ0) is 17.3. The number of carbonyl (C=O) groups excluding carboxylic acids is 2. The van der Waals surface area contributed by atoms with Gasteiger partial charge >= 0.3 is 0 Å². The number of para-hydroxylation sites is 2. The number of likely N-dealkylation sites (N-methyl/N-ethyl adjacent to an activating group) is 1. The number of nitrogens with zero attached hydrogens (tertiary/aromatic N) is 2. The van der Waals surface area contributed by atoms with Crippen LogP contribution in [0.25, 0.3) is 0 Å². The molecule has 0 spiro atoms. The van der Waals surface area contributed by atoms with Gasteiger partial charge in [-0.3, -0.25) is 19.4 Å². The third kappa shape index (κ3) is 3.05. The number of carbonyl (C=O) groups is 2. The number of anilines is 2. The summed E-state index contributed by atoms with van der Waals surface area (Å²) in [4.78, 5) is 29.4. The summed E-state index contributed by atoms with van der Waals surface area (Å²) >= 11 is 0. The minimum Gasteiger partial charge on any atom is -0.322 e. The van der Waals surface area contributed by atoms with Crippen molar-refractivity contribution in [2.24, 2.45) is 0 Å². The highest BCUT2D eigenvalue weighted by molar-refractivity contribution is 6.14. The fraction of sp³-hybridized carbons (Fsp3) is 0.579.